The SMILES string of the molecule is CC(=O)OCC(C)(C)c1c[c][c]cc1. The Labute approximate surface area is 84.9 Å². The lowest BCUT2D eigenvalue weighted by Crippen LogP contribution is -2.25. The van der Waals surface area contributed by atoms with Gasteiger partial charge in [-0.3, -0.25) is 4.79 Å². The number of hydrogen-bond acceptors (Lipinski definition) is 2. The van der Waals surface area contributed by atoms with E-state index in [0.29, 0.717) is 6.61 Å². The number of hydrogen-bond donors (Lipinski definition) is 0. The summed E-state index contributed by atoms with van der Waals surface area (Å²) in [5.41, 5.74) is 0.926. The van der Waals surface area contributed by atoms with Crippen molar-refractivity contribution in [2.45, 2.75) is 26.2 Å². The van der Waals surface area contributed by atoms with Crippen molar-refractivity contribution >= 4 is 5.97 Å². The van der Waals surface area contributed by atoms with Gasteiger partial charge >= 0.3 is 5.97 Å². The van der Waals surface area contributed by atoms with Crippen molar-refractivity contribution in [3.8, 4) is 0 Å². The van der Waals surface area contributed by atoms with Crippen LogP contribution in [0.5, 0.6) is 0 Å². The summed E-state index contributed by atoms with van der Waals surface area (Å²) in [4.78, 5) is 10.7. The minimum Gasteiger partial charge on any atom is -0.465 e. The van der Waals surface area contributed by atoms with Crippen molar-refractivity contribution in [2.75, 3.05) is 6.61 Å². The van der Waals surface area contributed by atoms with Gasteiger partial charge in [0.15, 0.2) is 0 Å². The average molecular weight is 190 g/mol. The highest BCUT2D eigenvalue weighted by Crippen LogP contribution is 2.22. The van der Waals surface area contributed by atoms with Crippen LogP contribution in [0.4, 0.5) is 0 Å². The van der Waals surface area contributed by atoms with Crippen LogP contribution in [-0.2, 0) is 14.9 Å². The molecule has 1 rings (SSSR count). The van der Waals surface area contributed by atoms with Gasteiger partial charge in [-0.05, 0) is 23.8 Å². The highest BCUT2D eigenvalue weighted by atomic mass is 16.5. The molecule has 0 atom stereocenters. The monoisotopic (exact) mass is 190 g/mol. The Hall–Kier alpha value is -1.31. The van der Waals surface area contributed by atoms with Gasteiger partial charge < -0.3 is 4.74 Å². The third-order valence-corrected chi connectivity index (χ3v) is 2.07. The van der Waals surface area contributed by atoms with Gasteiger partial charge in [0, 0.05) is 12.3 Å². The van der Waals surface area contributed by atoms with Crippen LogP contribution in [0, 0.1) is 12.1 Å². The van der Waals surface area contributed by atoms with Crippen LogP contribution in [0.3, 0.4) is 0 Å². The summed E-state index contributed by atoms with van der Waals surface area (Å²) < 4.78 is 5.00. The number of rotatable bonds is 3. The van der Waals surface area contributed by atoms with E-state index in [2.05, 4.69) is 12.1 Å². The van der Waals surface area contributed by atoms with Gasteiger partial charge in [-0.2, -0.15) is 0 Å². The van der Waals surface area contributed by atoms with E-state index >= 15 is 0 Å². The fourth-order valence-corrected chi connectivity index (χ4v) is 1.13. The molecule has 0 unspecified atom stereocenters. The first-order valence-corrected chi connectivity index (χ1v) is 4.54. The van der Waals surface area contributed by atoms with Gasteiger partial charge in [-0.15, -0.1) is 0 Å². The van der Waals surface area contributed by atoms with Crippen molar-refractivity contribution < 1.29 is 9.53 Å². The van der Waals surface area contributed by atoms with Crippen molar-refractivity contribution in [1.82, 2.24) is 0 Å². The molecule has 1 aromatic rings. The standard InChI is InChI=1S/C12H14O2/c1-10(13)14-9-12(2,3)11-7-5-4-6-8-11/h5,7-8H,9H2,1-3H3. The third-order valence-electron chi connectivity index (χ3n) is 2.07. The fraction of sp³-hybridized carbons (Fsp3) is 0.417. The number of benzene rings is 1. The first-order valence-electron chi connectivity index (χ1n) is 4.54. The molecule has 2 nitrogen and oxygen atoms in total. The summed E-state index contributed by atoms with van der Waals surface area (Å²) in [6.45, 7) is 5.86. The molecule has 0 bridgehead atoms. The van der Waals surface area contributed by atoms with Crippen LogP contribution in [0.15, 0.2) is 18.2 Å². The Morgan fingerprint density at radius 1 is 1.50 bits per heavy atom. The topological polar surface area (TPSA) is 26.3 Å². The molecule has 0 fully saturated rings. The minimum absolute atomic E-state index is 0.169. The normalized spacial score (nSPS) is 11.1. The van der Waals surface area contributed by atoms with Crippen molar-refractivity contribution in [1.29, 1.82) is 0 Å². The van der Waals surface area contributed by atoms with E-state index in [1.165, 1.54) is 6.92 Å². The van der Waals surface area contributed by atoms with E-state index in [4.69, 9.17) is 4.74 Å². The Kier molecular flexibility index (Phi) is 3.28. The van der Waals surface area contributed by atoms with Gasteiger partial charge in [0.25, 0.3) is 0 Å². The van der Waals surface area contributed by atoms with Gasteiger partial charge in [-0.25, -0.2) is 0 Å². The largest absolute Gasteiger partial charge is 0.465 e. The second-order valence-corrected chi connectivity index (χ2v) is 3.89. The summed E-state index contributed by atoms with van der Waals surface area (Å²) in [5.74, 6) is -0.246. The maximum atomic E-state index is 10.7. The summed E-state index contributed by atoms with van der Waals surface area (Å²) in [5, 5.41) is 0. The fourth-order valence-electron chi connectivity index (χ4n) is 1.13. The van der Waals surface area contributed by atoms with Crippen molar-refractivity contribution in [2.24, 2.45) is 0 Å². The molecule has 0 saturated carbocycles. The number of esters is 1. The van der Waals surface area contributed by atoms with Crippen molar-refractivity contribution in [3.63, 3.8) is 0 Å². The molecule has 0 saturated heterocycles. The predicted molar refractivity (Wildman–Crippen MR) is 53.8 cm³/mol. The van der Waals surface area contributed by atoms with E-state index in [0.717, 1.165) is 5.56 Å². The van der Waals surface area contributed by atoms with Crippen LogP contribution in [-0.4, -0.2) is 12.6 Å². The predicted octanol–water partition coefficient (Wildman–Crippen LogP) is 2.13. The second-order valence-electron chi connectivity index (χ2n) is 3.89. The zero-order valence-electron chi connectivity index (χ0n) is 8.76. The molecule has 0 aliphatic carbocycles. The molecule has 0 aliphatic heterocycles. The minimum atomic E-state index is -0.246. The maximum Gasteiger partial charge on any atom is 0.302 e. The Morgan fingerprint density at radius 2 is 2.21 bits per heavy atom. The average Bonchev–Trinajstić information content (AvgIpc) is 2.16. The third kappa shape index (κ3) is 2.87. The number of ether oxygens (including phenoxy) is 1. The van der Waals surface area contributed by atoms with Crippen LogP contribution in [0.2, 0.25) is 0 Å². The highest BCUT2D eigenvalue weighted by molar-refractivity contribution is 5.66. The molecule has 74 valence electrons. The summed E-state index contributed by atoms with van der Waals surface area (Å²) in [7, 11) is 0. The molecule has 1 aromatic carbocycles. The number of carbonyl (C=O) groups excluding carboxylic acids is 1. The van der Waals surface area contributed by atoms with Crippen LogP contribution in [0.25, 0.3) is 0 Å². The Morgan fingerprint density at radius 3 is 2.71 bits per heavy atom. The molecular formula is C12H14O2. The molecule has 0 aliphatic rings. The molecule has 0 N–H and O–H groups in total. The summed E-state index contributed by atoms with van der Waals surface area (Å²) >= 11 is 0. The van der Waals surface area contributed by atoms with E-state index in [9.17, 15) is 4.79 Å². The van der Waals surface area contributed by atoms with Gasteiger partial charge in [0.05, 0.1) is 0 Å². The molecule has 2 radical (unpaired) electrons. The lowest BCUT2D eigenvalue weighted by atomic mass is 9.86. The molecule has 0 amide bonds. The second kappa shape index (κ2) is 4.27. The Balaban J connectivity index is 2.70. The maximum absolute atomic E-state index is 10.7. The Bertz CT molecular complexity index is 301. The number of carbonyl (C=O) groups is 1. The van der Waals surface area contributed by atoms with Gasteiger partial charge in [0.2, 0.25) is 0 Å². The summed E-state index contributed by atoms with van der Waals surface area (Å²) in [6, 6.07) is 11.4. The van der Waals surface area contributed by atoms with E-state index in [-0.39, 0.29) is 11.4 Å². The smallest absolute Gasteiger partial charge is 0.302 e. The zero-order chi connectivity index (χ0) is 10.6. The first-order chi connectivity index (χ1) is 6.52. The first kappa shape index (κ1) is 10.8. The van der Waals surface area contributed by atoms with E-state index in [1.54, 1.807) is 0 Å². The van der Waals surface area contributed by atoms with Crippen LogP contribution in [0.1, 0.15) is 26.3 Å². The molecule has 2 heteroatoms. The molecule has 0 spiro atoms. The van der Waals surface area contributed by atoms with Crippen LogP contribution >= 0.6 is 0 Å². The quantitative estimate of drug-likeness (QED) is 0.682. The van der Waals surface area contributed by atoms with E-state index < -0.39 is 0 Å². The summed E-state index contributed by atoms with van der Waals surface area (Å²) in [6.07, 6.45) is 0. The van der Waals surface area contributed by atoms with Crippen LogP contribution < -0.4 is 0 Å². The van der Waals surface area contributed by atoms with Crippen molar-refractivity contribution in [3.05, 3.63) is 35.9 Å². The molecule has 0 heterocycles. The molecule has 0 aromatic heterocycles. The van der Waals surface area contributed by atoms with Gasteiger partial charge in [0.1, 0.15) is 6.61 Å². The van der Waals surface area contributed by atoms with E-state index in [1.807, 2.05) is 32.0 Å². The lowest BCUT2D eigenvalue weighted by Gasteiger charge is -2.24. The lowest BCUT2D eigenvalue weighted by molar-refractivity contribution is -0.142. The zero-order valence-corrected chi connectivity index (χ0v) is 8.76. The highest BCUT2D eigenvalue weighted by Gasteiger charge is 2.21. The molecule has 14 heavy (non-hydrogen) atoms. The molecular weight excluding hydrogens is 176 g/mol. The van der Waals surface area contributed by atoms with Gasteiger partial charge in [-0.1, -0.05) is 26.0 Å².